The van der Waals surface area contributed by atoms with Gasteiger partial charge in [-0.25, -0.2) is 0 Å². The topological polar surface area (TPSA) is 61.8 Å². The first kappa shape index (κ1) is 15.8. The van der Waals surface area contributed by atoms with Crippen LogP contribution in [0.1, 0.15) is 19.4 Å². The highest BCUT2D eigenvalue weighted by Gasteiger charge is 2.10. The molecule has 0 aliphatic rings. The zero-order valence-electron chi connectivity index (χ0n) is 11.8. The molecule has 0 saturated heterocycles. The van der Waals surface area contributed by atoms with Gasteiger partial charge in [-0.15, -0.1) is 0 Å². The molecule has 1 aromatic carbocycles. The molecule has 0 saturated carbocycles. The van der Waals surface area contributed by atoms with Crippen molar-refractivity contribution in [1.29, 1.82) is 0 Å². The highest BCUT2D eigenvalue weighted by atomic mass is 16.6. The summed E-state index contributed by atoms with van der Waals surface area (Å²) in [5.74, 6) is -0.0832. The Labute approximate surface area is 118 Å². The van der Waals surface area contributed by atoms with Gasteiger partial charge in [0.2, 0.25) is 0 Å². The highest BCUT2D eigenvalue weighted by Crippen LogP contribution is 2.13. The van der Waals surface area contributed by atoms with Gasteiger partial charge in [0.1, 0.15) is 12.4 Å². The molecule has 0 spiro atoms. The molecule has 0 aliphatic carbocycles. The number of methoxy groups -OCH3 is 1. The number of carbonyl (C=O) groups is 2. The van der Waals surface area contributed by atoms with Crippen LogP contribution in [0.3, 0.4) is 0 Å². The molecule has 0 N–H and O–H groups in total. The standard InChI is InChI=1S/C15H18O5/c1-11(16)19-10-15(20-12(2)17)9-6-13-4-7-14(18-3)8-5-13/h4-9,15H,10H2,1-3H3/b9-6+. The van der Waals surface area contributed by atoms with E-state index >= 15 is 0 Å². The van der Waals surface area contributed by atoms with E-state index in [0.29, 0.717) is 0 Å². The van der Waals surface area contributed by atoms with Crippen LogP contribution in [0.4, 0.5) is 0 Å². The molecule has 1 rings (SSSR count). The Balaban J connectivity index is 2.67. The van der Waals surface area contributed by atoms with Crippen LogP contribution < -0.4 is 4.74 Å². The number of hydrogen-bond donors (Lipinski definition) is 0. The smallest absolute Gasteiger partial charge is 0.303 e. The van der Waals surface area contributed by atoms with E-state index in [1.807, 2.05) is 24.3 Å². The van der Waals surface area contributed by atoms with E-state index in [2.05, 4.69) is 0 Å². The van der Waals surface area contributed by atoms with Crippen molar-refractivity contribution in [2.45, 2.75) is 20.0 Å². The monoisotopic (exact) mass is 278 g/mol. The van der Waals surface area contributed by atoms with Crippen LogP contribution in [0.25, 0.3) is 6.08 Å². The molecular formula is C15H18O5. The lowest BCUT2D eigenvalue weighted by Crippen LogP contribution is -2.21. The van der Waals surface area contributed by atoms with Crippen molar-refractivity contribution in [3.8, 4) is 5.75 Å². The predicted octanol–water partition coefficient (Wildman–Crippen LogP) is 2.20. The first-order valence-corrected chi connectivity index (χ1v) is 6.14. The maximum Gasteiger partial charge on any atom is 0.303 e. The second-order valence-corrected chi connectivity index (χ2v) is 4.08. The minimum Gasteiger partial charge on any atom is -0.497 e. The lowest BCUT2D eigenvalue weighted by Gasteiger charge is -2.12. The Bertz CT molecular complexity index is 476. The quantitative estimate of drug-likeness (QED) is 0.746. The summed E-state index contributed by atoms with van der Waals surface area (Å²) in [5, 5.41) is 0. The maximum absolute atomic E-state index is 11.0. The third-order valence-electron chi connectivity index (χ3n) is 2.39. The van der Waals surface area contributed by atoms with E-state index in [1.165, 1.54) is 13.8 Å². The average molecular weight is 278 g/mol. The number of esters is 2. The van der Waals surface area contributed by atoms with Crippen molar-refractivity contribution in [2.75, 3.05) is 13.7 Å². The average Bonchev–Trinajstić information content (AvgIpc) is 2.42. The molecule has 108 valence electrons. The lowest BCUT2D eigenvalue weighted by atomic mass is 10.2. The van der Waals surface area contributed by atoms with Crippen LogP contribution in [-0.2, 0) is 19.1 Å². The van der Waals surface area contributed by atoms with Gasteiger partial charge in [-0.1, -0.05) is 18.2 Å². The van der Waals surface area contributed by atoms with Gasteiger partial charge in [-0.3, -0.25) is 9.59 Å². The van der Waals surface area contributed by atoms with Crippen LogP contribution in [0.2, 0.25) is 0 Å². The molecular weight excluding hydrogens is 260 g/mol. The Morgan fingerprint density at radius 3 is 2.30 bits per heavy atom. The van der Waals surface area contributed by atoms with E-state index in [0.717, 1.165) is 11.3 Å². The van der Waals surface area contributed by atoms with E-state index < -0.39 is 18.0 Å². The van der Waals surface area contributed by atoms with Crippen molar-refractivity contribution >= 4 is 18.0 Å². The van der Waals surface area contributed by atoms with E-state index in [-0.39, 0.29) is 6.61 Å². The SMILES string of the molecule is COc1ccc(/C=C/C(COC(C)=O)OC(C)=O)cc1. The van der Waals surface area contributed by atoms with Crippen LogP contribution >= 0.6 is 0 Å². The molecule has 5 heteroatoms. The molecule has 1 atom stereocenters. The number of rotatable bonds is 6. The Hall–Kier alpha value is -2.30. The van der Waals surface area contributed by atoms with Gasteiger partial charge >= 0.3 is 11.9 Å². The van der Waals surface area contributed by atoms with Crippen molar-refractivity contribution in [3.63, 3.8) is 0 Å². The zero-order chi connectivity index (χ0) is 15.0. The van der Waals surface area contributed by atoms with Gasteiger partial charge in [0, 0.05) is 13.8 Å². The van der Waals surface area contributed by atoms with Crippen LogP contribution in [0, 0.1) is 0 Å². The summed E-state index contributed by atoms with van der Waals surface area (Å²) in [7, 11) is 1.60. The van der Waals surface area contributed by atoms with Crippen LogP contribution in [0.5, 0.6) is 5.75 Å². The molecule has 0 aliphatic heterocycles. The summed E-state index contributed by atoms with van der Waals surface area (Å²) in [4.78, 5) is 21.8. The van der Waals surface area contributed by atoms with E-state index in [4.69, 9.17) is 14.2 Å². The van der Waals surface area contributed by atoms with E-state index in [1.54, 1.807) is 19.3 Å². The summed E-state index contributed by atoms with van der Waals surface area (Å²) in [6.45, 7) is 2.61. The largest absolute Gasteiger partial charge is 0.497 e. The van der Waals surface area contributed by atoms with Gasteiger partial charge < -0.3 is 14.2 Å². The van der Waals surface area contributed by atoms with Gasteiger partial charge in [0.15, 0.2) is 6.10 Å². The van der Waals surface area contributed by atoms with Crippen molar-refractivity contribution in [2.24, 2.45) is 0 Å². The van der Waals surface area contributed by atoms with Crippen molar-refractivity contribution in [1.82, 2.24) is 0 Å². The third kappa shape index (κ3) is 6.04. The molecule has 1 aromatic rings. The third-order valence-corrected chi connectivity index (χ3v) is 2.39. The van der Waals surface area contributed by atoms with Crippen molar-refractivity contribution in [3.05, 3.63) is 35.9 Å². The second kappa shape index (κ2) is 7.99. The summed E-state index contributed by atoms with van der Waals surface area (Å²) in [6.07, 6.45) is 2.86. The summed E-state index contributed by atoms with van der Waals surface area (Å²) >= 11 is 0. The molecule has 0 fully saturated rings. The number of carbonyl (C=O) groups excluding carboxylic acids is 2. The Morgan fingerprint density at radius 1 is 1.15 bits per heavy atom. The maximum atomic E-state index is 11.0. The molecule has 5 nitrogen and oxygen atoms in total. The molecule has 1 unspecified atom stereocenters. The molecule has 0 aromatic heterocycles. The first-order chi connectivity index (χ1) is 9.51. The molecule has 0 radical (unpaired) electrons. The summed E-state index contributed by atoms with van der Waals surface area (Å²) in [5.41, 5.74) is 0.922. The number of benzene rings is 1. The van der Waals surface area contributed by atoms with Gasteiger partial charge in [0.05, 0.1) is 7.11 Å². The van der Waals surface area contributed by atoms with Crippen LogP contribution in [-0.4, -0.2) is 31.8 Å². The van der Waals surface area contributed by atoms with Gasteiger partial charge in [-0.05, 0) is 23.8 Å². The summed E-state index contributed by atoms with van der Waals surface area (Å²) < 4.78 is 14.9. The van der Waals surface area contributed by atoms with Crippen molar-refractivity contribution < 1.29 is 23.8 Å². The van der Waals surface area contributed by atoms with E-state index in [9.17, 15) is 9.59 Å². The molecule has 0 bridgehead atoms. The zero-order valence-corrected chi connectivity index (χ0v) is 11.8. The number of hydrogen-bond acceptors (Lipinski definition) is 5. The van der Waals surface area contributed by atoms with Crippen LogP contribution in [0.15, 0.2) is 30.3 Å². The number of ether oxygens (including phenoxy) is 3. The normalized spacial score (nSPS) is 11.9. The Kier molecular flexibility index (Phi) is 6.29. The first-order valence-electron chi connectivity index (χ1n) is 6.14. The fraction of sp³-hybridized carbons (Fsp3) is 0.333. The second-order valence-electron chi connectivity index (χ2n) is 4.08. The molecule has 0 heterocycles. The van der Waals surface area contributed by atoms with Gasteiger partial charge in [0.25, 0.3) is 0 Å². The summed E-state index contributed by atoms with van der Waals surface area (Å²) in [6, 6.07) is 7.39. The minimum atomic E-state index is -0.599. The Morgan fingerprint density at radius 2 is 1.80 bits per heavy atom. The predicted molar refractivity (Wildman–Crippen MR) is 74.2 cm³/mol. The fourth-order valence-corrected chi connectivity index (χ4v) is 1.47. The molecule has 0 amide bonds. The fourth-order valence-electron chi connectivity index (χ4n) is 1.47. The highest BCUT2D eigenvalue weighted by molar-refractivity contribution is 5.67. The minimum absolute atomic E-state index is 0.00156. The lowest BCUT2D eigenvalue weighted by molar-refractivity contribution is -0.153. The molecule has 20 heavy (non-hydrogen) atoms. The van der Waals surface area contributed by atoms with Gasteiger partial charge in [-0.2, -0.15) is 0 Å².